The Hall–Kier alpha value is -0.300. The smallest absolute Gasteiger partial charge is 0.191 e. The van der Waals surface area contributed by atoms with Crippen molar-refractivity contribution in [1.82, 2.24) is 10.6 Å². The van der Waals surface area contributed by atoms with Gasteiger partial charge >= 0.3 is 0 Å². The first-order valence-electron chi connectivity index (χ1n) is 7.23. The standard InChI is InChI=1S/C15H25N3S.HI/c1-12-4-3-5-13(8-12)9-17-15(16-2)18-10-14-6-7-19-11-14;/h6-7,11-13H,3-5,8-10H2,1-2H3,(H2,16,17,18);1H. The number of guanidine groups is 1. The van der Waals surface area contributed by atoms with Crippen molar-refractivity contribution >= 4 is 41.3 Å². The van der Waals surface area contributed by atoms with E-state index in [1.165, 1.54) is 31.2 Å². The zero-order chi connectivity index (χ0) is 13.5. The number of hydrogen-bond donors (Lipinski definition) is 2. The fourth-order valence-electron chi connectivity index (χ4n) is 2.79. The second-order valence-corrected chi connectivity index (χ2v) is 6.36. The predicted molar refractivity (Wildman–Crippen MR) is 99.1 cm³/mol. The van der Waals surface area contributed by atoms with Gasteiger partial charge in [0.1, 0.15) is 0 Å². The van der Waals surface area contributed by atoms with Crippen molar-refractivity contribution in [3.8, 4) is 0 Å². The summed E-state index contributed by atoms with van der Waals surface area (Å²) in [7, 11) is 1.84. The molecule has 20 heavy (non-hydrogen) atoms. The number of halogens is 1. The van der Waals surface area contributed by atoms with E-state index in [2.05, 4.69) is 39.4 Å². The molecule has 0 aromatic carbocycles. The molecule has 0 radical (unpaired) electrons. The minimum absolute atomic E-state index is 0. The van der Waals surface area contributed by atoms with Crippen molar-refractivity contribution in [2.24, 2.45) is 16.8 Å². The third-order valence-electron chi connectivity index (χ3n) is 3.87. The van der Waals surface area contributed by atoms with Gasteiger partial charge in [-0.3, -0.25) is 4.99 Å². The molecule has 0 aliphatic heterocycles. The van der Waals surface area contributed by atoms with Crippen LogP contribution in [0, 0.1) is 11.8 Å². The van der Waals surface area contributed by atoms with Crippen molar-refractivity contribution < 1.29 is 0 Å². The zero-order valence-corrected chi connectivity index (χ0v) is 15.5. The molecule has 114 valence electrons. The molecule has 2 unspecified atom stereocenters. The predicted octanol–water partition coefficient (Wildman–Crippen LogP) is 3.86. The molecular weight excluding hydrogens is 381 g/mol. The van der Waals surface area contributed by atoms with Crippen LogP contribution in [0.25, 0.3) is 0 Å². The summed E-state index contributed by atoms with van der Waals surface area (Å²) in [4.78, 5) is 4.29. The fourth-order valence-corrected chi connectivity index (χ4v) is 3.45. The van der Waals surface area contributed by atoms with Crippen molar-refractivity contribution in [1.29, 1.82) is 0 Å². The molecule has 3 nitrogen and oxygen atoms in total. The third-order valence-corrected chi connectivity index (χ3v) is 4.60. The Balaban J connectivity index is 0.00000200. The van der Waals surface area contributed by atoms with Gasteiger partial charge in [-0.15, -0.1) is 24.0 Å². The molecular formula is C15H26IN3S. The number of nitrogens with zero attached hydrogens (tertiary/aromatic N) is 1. The van der Waals surface area contributed by atoms with Gasteiger partial charge in [-0.2, -0.15) is 11.3 Å². The Morgan fingerprint density at radius 2 is 2.25 bits per heavy atom. The molecule has 0 amide bonds. The van der Waals surface area contributed by atoms with Crippen LogP contribution < -0.4 is 10.6 Å². The molecule has 0 bridgehead atoms. The lowest BCUT2D eigenvalue weighted by Gasteiger charge is -2.27. The molecule has 0 spiro atoms. The van der Waals surface area contributed by atoms with Crippen molar-refractivity contribution in [2.45, 2.75) is 39.2 Å². The molecule has 1 aliphatic carbocycles. The molecule has 1 aromatic heterocycles. The average Bonchev–Trinajstić information content (AvgIpc) is 2.92. The van der Waals surface area contributed by atoms with E-state index in [0.717, 1.165) is 30.9 Å². The van der Waals surface area contributed by atoms with Crippen LogP contribution in [0.5, 0.6) is 0 Å². The van der Waals surface area contributed by atoms with Gasteiger partial charge in [-0.25, -0.2) is 0 Å². The van der Waals surface area contributed by atoms with E-state index in [0.29, 0.717) is 0 Å². The van der Waals surface area contributed by atoms with Crippen molar-refractivity contribution in [3.63, 3.8) is 0 Å². The fraction of sp³-hybridized carbons (Fsp3) is 0.667. The molecule has 1 fully saturated rings. The minimum Gasteiger partial charge on any atom is -0.356 e. The van der Waals surface area contributed by atoms with E-state index in [4.69, 9.17) is 0 Å². The first kappa shape index (κ1) is 17.8. The van der Waals surface area contributed by atoms with Gasteiger partial charge in [0.15, 0.2) is 5.96 Å². The van der Waals surface area contributed by atoms with Gasteiger partial charge in [-0.1, -0.05) is 19.8 Å². The highest BCUT2D eigenvalue weighted by Crippen LogP contribution is 2.27. The van der Waals surface area contributed by atoms with Crippen LogP contribution in [0.15, 0.2) is 21.8 Å². The second kappa shape index (κ2) is 9.60. The molecule has 1 saturated carbocycles. The van der Waals surface area contributed by atoms with Gasteiger partial charge in [-0.05, 0) is 47.1 Å². The Morgan fingerprint density at radius 3 is 2.90 bits per heavy atom. The number of rotatable bonds is 4. The summed E-state index contributed by atoms with van der Waals surface area (Å²) in [6.07, 6.45) is 5.50. The SMILES string of the molecule is CN=C(NCc1ccsc1)NCC1CCCC(C)C1.I. The first-order valence-corrected chi connectivity index (χ1v) is 8.17. The topological polar surface area (TPSA) is 36.4 Å². The summed E-state index contributed by atoms with van der Waals surface area (Å²) in [5.74, 6) is 2.62. The van der Waals surface area contributed by atoms with Crippen LogP contribution >= 0.6 is 35.3 Å². The maximum Gasteiger partial charge on any atom is 0.191 e. The maximum atomic E-state index is 4.29. The highest BCUT2D eigenvalue weighted by molar-refractivity contribution is 14.0. The zero-order valence-electron chi connectivity index (χ0n) is 12.4. The second-order valence-electron chi connectivity index (χ2n) is 5.58. The molecule has 5 heteroatoms. The minimum atomic E-state index is 0. The summed E-state index contributed by atoms with van der Waals surface area (Å²) in [6, 6.07) is 2.15. The van der Waals surface area contributed by atoms with Crippen LogP contribution in [0.4, 0.5) is 0 Å². The summed E-state index contributed by atoms with van der Waals surface area (Å²) >= 11 is 1.73. The van der Waals surface area contributed by atoms with Gasteiger partial charge in [0, 0.05) is 20.1 Å². The lowest BCUT2D eigenvalue weighted by Crippen LogP contribution is -2.40. The normalized spacial score (nSPS) is 23.0. The quantitative estimate of drug-likeness (QED) is 0.452. The van der Waals surface area contributed by atoms with Gasteiger partial charge in [0.2, 0.25) is 0 Å². The lowest BCUT2D eigenvalue weighted by molar-refractivity contribution is 0.282. The van der Waals surface area contributed by atoms with Crippen LogP contribution in [-0.2, 0) is 6.54 Å². The molecule has 2 rings (SSSR count). The van der Waals surface area contributed by atoms with Crippen LogP contribution in [0.3, 0.4) is 0 Å². The summed E-state index contributed by atoms with van der Waals surface area (Å²) in [6.45, 7) is 4.27. The largest absolute Gasteiger partial charge is 0.356 e. The summed E-state index contributed by atoms with van der Waals surface area (Å²) in [5, 5.41) is 11.1. The number of aliphatic imine (C=N–C) groups is 1. The van der Waals surface area contributed by atoms with E-state index < -0.39 is 0 Å². The van der Waals surface area contributed by atoms with Crippen LogP contribution in [0.2, 0.25) is 0 Å². The van der Waals surface area contributed by atoms with Crippen LogP contribution in [0.1, 0.15) is 38.2 Å². The van der Waals surface area contributed by atoms with Gasteiger partial charge < -0.3 is 10.6 Å². The highest BCUT2D eigenvalue weighted by atomic mass is 127. The highest BCUT2D eigenvalue weighted by Gasteiger charge is 2.18. The average molecular weight is 407 g/mol. The van der Waals surface area contributed by atoms with Gasteiger partial charge in [0.05, 0.1) is 0 Å². The Kier molecular flexibility index (Phi) is 8.52. The Labute approximate surface area is 143 Å². The van der Waals surface area contributed by atoms with Crippen LogP contribution in [-0.4, -0.2) is 19.6 Å². The van der Waals surface area contributed by atoms with E-state index >= 15 is 0 Å². The lowest BCUT2D eigenvalue weighted by atomic mass is 9.82. The van der Waals surface area contributed by atoms with Crippen molar-refractivity contribution in [2.75, 3.05) is 13.6 Å². The Morgan fingerprint density at radius 1 is 1.40 bits per heavy atom. The summed E-state index contributed by atoms with van der Waals surface area (Å²) in [5.41, 5.74) is 1.32. The Bertz CT molecular complexity index is 392. The van der Waals surface area contributed by atoms with Crippen molar-refractivity contribution in [3.05, 3.63) is 22.4 Å². The maximum absolute atomic E-state index is 4.29. The van der Waals surface area contributed by atoms with E-state index in [9.17, 15) is 0 Å². The molecule has 2 atom stereocenters. The van der Waals surface area contributed by atoms with E-state index in [1.54, 1.807) is 11.3 Å². The first-order chi connectivity index (χ1) is 9.28. The number of thiophene rings is 1. The monoisotopic (exact) mass is 407 g/mol. The van der Waals surface area contributed by atoms with Gasteiger partial charge in [0.25, 0.3) is 0 Å². The molecule has 2 N–H and O–H groups in total. The summed E-state index contributed by atoms with van der Waals surface area (Å²) < 4.78 is 0. The number of nitrogens with one attached hydrogen (secondary N) is 2. The van der Waals surface area contributed by atoms with E-state index in [-0.39, 0.29) is 24.0 Å². The molecule has 1 aromatic rings. The number of hydrogen-bond acceptors (Lipinski definition) is 2. The molecule has 1 aliphatic rings. The third kappa shape index (κ3) is 5.99. The molecule has 0 saturated heterocycles. The molecule has 1 heterocycles. The van der Waals surface area contributed by atoms with E-state index in [1.807, 2.05) is 7.05 Å².